The fourth-order valence-corrected chi connectivity index (χ4v) is 7.62. The lowest BCUT2D eigenvalue weighted by atomic mass is 9.70. The number of nitrogens with one attached hydrogen (secondary N) is 5. The normalized spacial score (nSPS) is 20.3. The zero-order valence-electron chi connectivity index (χ0n) is 33.7. The molecule has 7 amide bonds. The minimum atomic E-state index is -1.03. The van der Waals surface area contributed by atoms with E-state index in [1.54, 1.807) is 6.08 Å². The van der Waals surface area contributed by atoms with Crippen molar-refractivity contribution in [3.8, 4) is 0 Å². The van der Waals surface area contributed by atoms with Crippen LogP contribution in [0.1, 0.15) is 132 Å². The lowest BCUT2D eigenvalue weighted by Gasteiger charge is -2.42. The maximum Gasteiger partial charge on any atom is 0.404 e. The molecule has 0 aromatic heterocycles. The molecule has 1 saturated carbocycles. The van der Waals surface area contributed by atoms with Gasteiger partial charge in [-0.3, -0.25) is 19.2 Å². The van der Waals surface area contributed by atoms with Crippen LogP contribution in [-0.4, -0.2) is 90.6 Å². The number of rotatable bonds is 19. The SMILES string of the molecule is C=CCNC(=O)CC(CCC)NC(=O)[C@@H]1C[C@@H](OC(N)=O)CN1C(=O)[C@@H](NC(=O)N[C@H](CNC(=O)CC(C)(C)CCC)C(C)(C)C)C1(C)CCCCC1. The molecule has 0 aromatic carbocycles. The largest absolute Gasteiger partial charge is 0.444 e. The topological polar surface area (TPSA) is 201 Å². The van der Waals surface area contributed by atoms with Gasteiger partial charge in [0, 0.05) is 38.4 Å². The van der Waals surface area contributed by atoms with Crippen molar-refractivity contribution in [1.82, 2.24) is 31.5 Å². The number of carbonyl (C=O) groups is 6. The van der Waals surface area contributed by atoms with Gasteiger partial charge in [-0.15, -0.1) is 6.58 Å². The van der Waals surface area contributed by atoms with Gasteiger partial charge in [0.25, 0.3) is 0 Å². The Labute approximate surface area is 317 Å². The minimum Gasteiger partial charge on any atom is -0.444 e. The third-order valence-electron chi connectivity index (χ3n) is 10.6. The van der Waals surface area contributed by atoms with Crippen molar-refractivity contribution < 1.29 is 33.5 Å². The molecule has 1 aliphatic carbocycles. The molecule has 1 aliphatic heterocycles. The summed E-state index contributed by atoms with van der Waals surface area (Å²) >= 11 is 0. The van der Waals surface area contributed by atoms with E-state index in [0.717, 1.165) is 32.1 Å². The molecule has 0 radical (unpaired) electrons. The van der Waals surface area contributed by atoms with Gasteiger partial charge < -0.3 is 42.0 Å². The Bertz CT molecular complexity index is 1270. The van der Waals surface area contributed by atoms with Crippen molar-refractivity contribution in [2.24, 2.45) is 22.0 Å². The van der Waals surface area contributed by atoms with Crippen LogP contribution in [-0.2, 0) is 23.9 Å². The Morgan fingerprint density at radius 1 is 0.943 bits per heavy atom. The van der Waals surface area contributed by atoms with Crippen LogP contribution in [0.5, 0.6) is 0 Å². The predicted molar refractivity (Wildman–Crippen MR) is 205 cm³/mol. The van der Waals surface area contributed by atoms with Gasteiger partial charge in [0.05, 0.1) is 12.6 Å². The van der Waals surface area contributed by atoms with Crippen LogP contribution in [0.15, 0.2) is 12.7 Å². The average Bonchev–Trinajstić information content (AvgIpc) is 3.47. The number of ether oxygens (including phenoxy) is 1. The fraction of sp³-hybridized carbons (Fsp3) is 0.795. The molecular formula is C39H69N7O7. The molecule has 2 aliphatic rings. The monoisotopic (exact) mass is 748 g/mol. The van der Waals surface area contributed by atoms with Gasteiger partial charge in [-0.25, -0.2) is 9.59 Å². The van der Waals surface area contributed by atoms with E-state index in [-0.39, 0.29) is 43.2 Å². The maximum absolute atomic E-state index is 14.7. The lowest BCUT2D eigenvalue weighted by molar-refractivity contribution is -0.143. The Morgan fingerprint density at radius 3 is 2.17 bits per heavy atom. The van der Waals surface area contributed by atoms with Gasteiger partial charge in [-0.2, -0.15) is 0 Å². The highest BCUT2D eigenvalue weighted by atomic mass is 16.6. The number of carbonyl (C=O) groups excluding carboxylic acids is 6. The van der Waals surface area contributed by atoms with Crippen molar-refractivity contribution >= 4 is 35.8 Å². The quantitative estimate of drug-likeness (QED) is 0.105. The molecule has 53 heavy (non-hydrogen) atoms. The first kappa shape index (κ1) is 45.3. The lowest BCUT2D eigenvalue weighted by Crippen LogP contribution is -2.62. The number of hydrogen-bond donors (Lipinski definition) is 6. The van der Waals surface area contributed by atoms with E-state index in [2.05, 4.69) is 53.9 Å². The second-order valence-electron chi connectivity index (χ2n) is 17.2. The second kappa shape index (κ2) is 20.6. The van der Waals surface area contributed by atoms with Crippen LogP contribution < -0.4 is 32.3 Å². The summed E-state index contributed by atoms with van der Waals surface area (Å²) in [7, 11) is 0. The van der Waals surface area contributed by atoms with Crippen LogP contribution >= 0.6 is 0 Å². The first-order valence-corrected chi connectivity index (χ1v) is 19.5. The summed E-state index contributed by atoms with van der Waals surface area (Å²) in [5.41, 5.74) is 4.15. The Kier molecular flexibility index (Phi) is 17.6. The van der Waals surface area contributed by atoms with Gasteiger partial charge >= 0.3 is 12.1 Å². The van der Waals surface area contributed by atoms with E-state index < -0.39 is 65.0 Å². The smallest absolute Gasteiger partial charge is 0.404 e. The summed E-state index contributed by atoms with van der Waals surface area (Å²) in [4.78, 5) is 81.1. The van der Waals surface area contributed by atoms with E-state index in [1.165, 1.54) is 4.90 Å². The van der Waals surface area contributed by atoms with E-state index >= 15 is 0 Å². The summed E-state index contributed by atoms with van der Waals surface area (Å²) in [6.45, 7) is 20.1. The Morgan fingerprint density at radius 2 is 1.60 bits per heavy atom. The minimum absolute atomic E-state index is 0.0124. The van der Waals surface area contributed by atoms with Gasteiger partial charge in [0.15, 0.2) is 0 Å². The molecular weight excluding hydrogens is 678 g/mol. The molecule has 14 nitrogen and oxygen atoms in total. The molecule has 1 heterocycles. The van der Waals surface area contributed by atoms with Gasteiger partial charge in [-0.05, 0) is 41.9 Å². The molecule has 0 spiro atoms. The summed E-state index contributed by atoms with van der Waals surface area (Å²) in [5, 5.41) is 14.7. The van der Waals surface area contributed by atoms with Crippen LogP contribution in [0.3, 0.4) is 0 Å². The predicted octanol–water partition coefficient (Wildman–Crippen LogP) is 4.41. The zero-order chi connectivity index (χ0) is 40.0. The van der Waals surface area contributed by atoms with Crippen molar-refractivity contribution in [3.05, 3.63) is 12.7 Å². The third kappa shape index (κ3) is 14.8. The molecule has 1 saturated heterocycles. The third-order valence-corrected chi connectivity index (χ3v) is 10.6. The molecule has 2 rings (SSSR count). The summed E-state index contributed by atoms with van der Waals surface area (Å²) in [5.74, 6) is -1.28. The average molecular weight is 748 g/mol. The van der Waals surface area contributed by atoms with Crippen LogP contribution in [0.4, 0.5) is 9.59 Å². The second-order valence-corrected chi connectivity index (χ2v) is 17.2. The van der Waals surface area contributed by atoms with E-state index in [9.17, 15) is 28.8 Å². The zero-order valence-corrected chi connectivity index (χ0v) is 33.7. The van der Waals surface area contributed by atoms with Crippen LogP contribution in [0.25, 0.3) is 0 Å². The first-order chi connectivity index (χ1) is 24.7. The molecule has 14 heteroatoms. The molecule has 7 N–H and O–H groups in total. The van der Waals surface area contributed by atoms with Crippen molar-refractivity contribution in [2.75, 3.05) is 19.6 Å². The Hall–Kier alpha value is -3.84. The molecule has 302 valence electrons. The summed E-state index contributed by atoms with van der Waals surface area (Å²) in [6, 6.07) is -3.56. The van der Waals surface area contributed by atoms with Crippen molar-refractivity contribution in [1.29, 1.82) is 0 Å². The van der Waals surface area contributed by atoms with Gasteiger partial charge in [-0.1, -0.05) is 93.6 Å². The van der Waals surface area contributed by atoms with Crippen molar-refractivity contribution in [2.45, 2.75) is 163 Å². The standard InChI is InChI=1S/C39H69N7O7/c1-10-16-26(21-30(47)41-20-12-3)43-33(49)28-22-27(53-35(40)51)25-46(28)34(50)32(39(9)18-14-13-15-19-39)45-36(52)44-29(37(4,5)6)24-42-31(48)23-38(7,8)17-11-2/h12,26-29,32H,3,10-11,13-25H2,1-2,4-9H3,(H2,40,51)(H,41,47)(H,42,48)(H,43,49)(H2,44,45,52)/t26?,27-,28+,29-,32-/m1/s1. The molecule has 2 fully saturated rings. The highest BCUT2D eigenvalue weighted by Crippen LogP contribution is 2.40. The van der Waals surface area contributed by atoms with E-state index in [0.29, 0.717) is 38.6 Å². The van der Waals surface area contributed by atoms with Gasteiger partial charge in [0.2, 0.25) is 23.6 Å². The molecule has 5 atom stereocenters. The number of nitrogens with two attached hydrogens (primary N) is 1. The molecule has 1 unspecified atom stereocenters. The number of amides is 7. The summed E-state index contributed by atoms with van der Waals surface area (Å²) < 4.78 is 5.30. The van der Waals surface area contributed by atoms with E-state index in [4.69, 9.17) is 10.5 Å². The van der Waals surface area contributed by atoms with Crippen molar-refractivity contribution in [3.63, 3.8) is 0 Å². The Balaban J connectivity index is 2.35. The number of urea groups is 1. The molecule has 0 aromatic rings. The number of nitrogens with zero attached hydrogens (tertiary/aromatic N) is 1. The highest BCUT2D eigenvalue weighted by molar-refractivity contribution is 5.93. The number of primary amides is 1. The van der Waals surface area contributed by atoms with Crippen LogP contribution in [0.2, 0.25) is 0 Å². The number of hydrogen-bond acceptors (Lipinski definition) is 7. The van der Waals surface area contributed by atoms with Crippen LogP contribution in [0, 0.1) is 16.2 Å². The molecule has 0 bridgehead atoms. The van der Waals surface area contributed by atoms with E-state index in [1.807, 2.05) is 34.6 Å². The first-order valence-electron chi connectivity index (χ1n) is 19.5. The summed E-state index contributed by atoms with van der Waals surface area (Å²) in [6.07, 6.45) is 7.38. The fourth-order valence-electron chi connectivity index (χ4n) is 7.62. The highest BCUT2D eigenvalue weighted by Gasteiger charge is 2.49. The van der Waals surface area contributed by atoms with Gasteiger partial charge in [0.1, 0.15) is 18.2 Å². The maximum atomic E-state index is 14.7. The number of likely N-dealkylation sites (tertiary alicyclic amines) is 1.